The Morgan fingerprint density at radius 2 is 1.68 bits per heavy atom. The van der Waals surface area contributed by atoms with Crippen molar-refractivity contribution in [3.63, 3.8) is 0 Å². The van der Waals surface area contributed by atoms with Crippen LogP contribution in [0.4, 0.5) is 0 Å². The fourth-order valence-corrected chi connectivity index (χ4v) is 5.26. The Morgan fingerprint density at radius 3 is 2.32 bits per heavy atom. The Kier molecular flexibility index (Phi) is 6.46. The molecule has 2 N–H and O–H groups in total. The minimum absolute atomic E-state index is 0.391. The van der Waals surface area contributed by atoms with Crippen molar-refractivity contribution in [1.82, 2.24) is 4.90 Å². The number of hydrogen-bond donors (Lipinski definition) is 1. The van der Waals surface area contributed by atoms with Gasteiger partial charge < -0.3 is 5.73 Å². The van der Waals surface area contributed by atoms with Gasteiger partial charge in [-0.05, 0) is 90.6 Å². The molecule has 0 unspecified atom stereocenters. The lowest BCUT2D eigenvalue weighted by molar-refractivity contribution is 0.0382. The second-order valence-electron chi connectivity index (χ2n) is 8.72. The maximum atomic E-state index is 6.36. The molecule has 0 aromatic heterocycles. The summed E-state index contributed by atoms with van der Waals surface area (Å²) in [4.78, 5) is 2.76. The highest BCUT2D eigenvalue weighted by molar-refractivity contribution is 9.10. The lowest BCUT2D eigenvalue weighted by atomic mass is 9.73. The predicted octanol–water partition coefficient (Wildman–Crippen LogP) is 6.43. The number of hydrogen-bond acceptors (Lipinski definition) is 2. The van der Waals surface area contributed by atoms with Crippen molar-refractivity contribution in [1.29, 1.82) is 0 Å². The van der Waals surface area contributed by atoms with Gasteiger partial charge >= 0.3 is 0 Å². The van der Waals surface area contributed by atoms with E-state index in [2.05, 4.69) is 70.2 Å². The van der Waals surface area contributed by atoms with Gasteiger partial charge in [-0.3, -0.25) is 4.90 Å². The van der Waals surface area contributed by atoms with Crippen LogP contribution in [-0.2, 0) is 6.54 Å². The topological polar surface area (TPSA) is 29.3 Å². The highest BCUT2D eigenvalue weighted by Crippen LogP contribution is 2.42. The van der Waals surface area contributed by atoms with E-state index in [1.54, 1.807) is 0 Å². The van der Waals surface area contributed by atoms with Gasteiger partial charge in [-0.2, -0.15) is 0 Å². The fourth-order valence-electron chi connectivity index (χ4n) is 4.81. The van der Waals surface area contributed by atoms with E-state index in [1.165, 1.54) is 42.4 Å². The molecule has 0 atom stereocenters. The first-order valence-corrected chi connectivity index (χ1v) is 11.7. The van der Waals surface area contributed by atoms with E-state index in [4.69, 9.17) is 17.3 Å². The average Bonchev–Trinajstić information content (AvgIpc) is 2.65. The van der Waals surface area contributed by atoms with Crippen LogP contribution in [0, 0.1) is 6.92 Å². The van der Waals surface area contributed by atoms with Crippen LogP contribution in [0.5, 0.6) is 0 Å². The number of halogens is 2. The predicted molar refractivity (Wildman–Crippen MR) is 122 cm³/mol. The Bertz CT molecular complexity index is 793. The lowest BCUT2D eigenvalue weighted by Crippen LogP contribution is -2.50. The highest BCUT2D eigenvalue weighted by Gasteiger charge is 2.38. The SMILES string of the molecule is Cc1ccc(C2CC(N(Cc3ccc(Br)c(Cl)c3)C3CCC(N)CC3)C2)cc1. The molecule has 28 heavy (non-hydrogen) atoms. The summed E-state index contributed by atoms with van der Waals surface area (Å²) in [5, 5.41) is 0.800. The molecule has 2 nitrogen and oxygen atoms in total. The minimum atomic E-state index is 0.391. The van der Waals surface area contributed by atoms with Gasteiger partial charge in [-0.15, -0.1) is 0 Å². The van der Waals surface area contributed by atoms with E-state index in [-0.39, 0.29) is 0 Å². The highest BCUT2D eigenvalue weighted by atomic mass is 79.9. The van der Waals surface area contributed by atoms with Crippen LogP contribution in [0.15, 0.2) is 46.9 Å². The molecule has 0 heterocycles. The van der Waals surface area contributed by atoms with Gasteiger partial charge in [-0.1, -0.05) is 47.5 Å². The number of aryl methyl sites for hydroxylation is 1. The van der Waals surface area contributed by atoms with Gasteiger partial charge in [0, 0.05) is 29.1 Å². The molecule has 2 aromatic carbocycles. The van der Waals surface area contributed by atoms with Crippen LogP contribution in [0.2, 0.25) is 5.02 Å². The molecule has 4 heteroatoms. The quantitative estimate of drug-likeness (QED) is 0.556. The molecule has 2 aliphatic carbocycles. The third-order valence-electron chi connectivity index (χ3n) is 6.69. The minimum Gasteiger partial charge on any atom is -0.328 e. The molecule has 2 aliphatic rings. The molecule has 0 bridgehead atoms. The molecule has 150 valence electrons. The van der Waals surface area contributed by atoms with Crippen molar-refractivity contribution in [2.24, 2.45) is 5.73 Å². The van der Waals surface area contributed by atoms with E-state index in [0.29, 0.717) is 24.0 Å². The standard InChI is InChI=1S/C24H30BrClN2/c1-16-2-5-18(6-3-16)19-13-22(14-19)28(21-9-7-20(27)8-10-21)15-17-4-11-23(25)24(26)12-17/h2-6,11-12,19-22H,7-10,13-15,27H2,1H3. The fraction of sp³-hybridized carbons (Fsp3) is 0.500. The van der Waals surface area contributed by atoms with Crippen LogP contribution >= 0.6 is 27.5 Å². The van der Waals surface area contributed by atoms with Gasteiger partial charge in [-0.25, -0.2) is 0 Å². The first-order chi connectivity index (χ1) is 13.5. The zero-order valence-corrected chi connectivity index (χ0v) is 18.9. The van der Waals surface area contributed by atoms with Gasteiger partial charge in [0.2, 0.25) is 0 Å². The largest absolute Gasteiger partial charge is 0.328 e. The molecule has 0 amide bonds. The second-order valence-corrected chi connectivity index (χ2v) is 9.98. The van der Waals surface area contributed by atoms with Crippen LogP contribution < -0.4 is 5.73 Å². The zero-order valence-electron chi connectivity index (χ0n) is 16.6. The van der Waals surface area contributed by atoms with Crippen molar-refractivity contribution < 1.29 is 0 Å². The molecule has 2 fully saturated rings. The Hall–Kier alpha value is -0.870. The summed E-state index contributed by atoms with van der Waals surface area (Å²) in [6.07, 6.45) is 7.26. The first-order valence-electron chi connectivity index (χ1n) is 10.5. The molecule has 0 spiro atoms. The van der Waals surface area contributed by atoms with Crippen LogP contribution in [0.25, 0.3) is 0 Å². The van der Waals surface area contributed by atoms with Gasteiger partial charge in [0.05, 0.1) is 5.02 Å². The Morgan fingerprint density at radius 1 is 1.00 bits per heavy atom. The summed E-state index contributed by atoms with van der Waals surface area (Å²) in [5.41, 5.74) is 10.3. The first kappa shape index (κ1) is 20.4. The second kappa shape index (κ2) is 8.87. The van der Waals surface area contributed by atoms with Crippen LogP contribution in [0.3, 0.4) is 0 Å². The summed E-state index contributed by atoms with van der Waals surface area (Å²) in [7, 11) is 0. The summed E-state index contributed by atoms with van der Waals surface area (Å²) >= 11 is 9.88. The van der Waals surface area contributed by atoms with Gasteiger partial charge in [0.1, 0.15) is 0 Å². The van der Waals surface area contributed by atoms with E-state index < -0.39 is 0 Å². The van der Waals surface area contributed by atoms with Crippen LogP contribution in [0.1, 0.15) is 61.1 Å². The van der Waals surface area contributed by atoms with Gasteiger partial charge in [0.15, 0.2) is 0 Å². The van der Waals surface area contributed by atoms with Crippen molar-refractivity contribution in [2.75, 3.05) is 0 Å². The number of rotatable bonds is 5. The molecule has 0 aliphatic heterocycles. The smallest absolute Gasteiger partial charge is 0.0551 e. The summed E-state index contributed by atoms with van der Waals surface area (Å²) < 4.78 is 0.969. The van der Waals surface area contributed by atoms with Crippen LogP contribution in [-0.4, -0.2) is 23.0 Å². The molecule has 0 radical (unpaired) electrons. The molecule has 0 saturated heterocycles. The van der Waals surface area contributed by atoms with E-state index in [1.807, 2.05) is 0 Å². The maximum absolute atomic E-state index is 6.36. The van der Waals surface area contributed by atoms with E-state index in [9.17, 15) is 0 Å². The lowest BCUT2D eigenvalue weighted by Gasteiger charge is -2.48. The summed E-state index contributed by atoms with van der Waals surface area (Å²) in [5.74, 6) is 0.701. The Balaban J connectivity index is 1.47. The van der Waals surface area contributed by atoms with E-state index >= 15 is 0 Å². The molecular weight excluding hydrogens is 432 g/mol. The summed E-state index contributed by atoms with van der Waals surface area (Å²) in [6, 6.07) is 17.2. The number of nitrogens with zero attached hydrogens (tertiary/aromatic N) is 1. The molecule has 4 rings (SSSR count). The van der Waals surface area contributed by atoms with Crippen molar-refractivity contribution >= 4 is 27.5 Å². The van der Waals surface area contributed by atoms with Gasteiger partial charge in [0.25, 0.3) is 0 Å². The van der Waals surface area contributed by atoms with Crippen molar-refractivity contribution in [3.8, 4) is 0 Å². The third-order valence-corrected chi connectivity index (χ3v) is 7.92. The summed E-state index contributed by atoms with van der Waals surface area (Å²) in [6.45, 7) is 3.14. The number of nitrogens with two attached hydrogens (primary N) is 1. The molecule has 2 saturated carbocycles. The third kappa shape index (κ3) is 4.64. The van der Waals surface area contributed by atoms with Crippen molar-refractivity contribution in [3.05, 3.63) is 68.7 Å². The average molecular weight is 462 g/mol. The molecular formula is C24H30BrClN2. The van der Waals surface area contributed by atoms with E-state index in [0.717, 1.165) is 28.9 Å². The zero-order chi connectivity index (χ0) is 19.7. The monoisotopic (exact) mass is 460 g/mol. The normalized spacial score (nSPS) is 27.6. The number of benzene rings is 2. The molecule has 2 aromatic rings. The van der Waals surface area contributed by atoms with Crippen molar-refractivity contribution in [2.45, 2.75) is 76.0 Å². The Labute approximate surface area is 182 Å². The maximum Gasteiger partial charge on any atom is 0.0551 e.